The van der Waals surface area contributed by atoms with Gasteiger partial charge >= 0.3 is 0 Å². The van der Waals surface area contributed by atoms with Crippen LogP contribution in [0.2, 0.25) is 0 Å². The molecule has 0 aromatic carbocycles. The Morgan fingerprint density at radius 2 is 1.50 bits per heavy atom. The normalized spacial score (nSPS) is 26.0. The predicted molar refractivity (Wildman–Crippen MR) is 51.2 cm³/mol. The largest absolute Gasteiger partial charge is 0.298 e. The highest BCUT2D eigenvalue weighted by Gasteiger charge is 2.28. The molecule has 2 nitrogen and oxygen atoms in total. The summed E-state index contributed by atoms with van der Waals surface area (Å²) >= 11 is 0. The molecule has 0 bridgehead atoms. The van der Waals surface area contributed by atoms with E-state index in [0.29, 0.717) is 6.04 Å². The Kier molecular flexibility index (Phi) is 1.97. The van der Waals surface area contributed by atoms with Gasteiger partial charge in [-0.05, 0) is 32.0 Å². The first-order chi connectivity index (χ1) is 5.66. The Balaban J connectivity index is 1.99. The van der Waals surface area contributed by atoms with Crippen LogP contribution in [0.25, 0.3) is 0 Å². The summed E-state index contributed by atoms with van der Waals surface area (Å²) in [6.07, 6.45) is 0. The average molecular weight is 166 g/mol. The molecule has 0 unspecified atom stereocenters. The van der Waals surface area contributed by atoms with Crippen molar-refractivity contribution in [2.24, 2.45) is 0 Å². The summed E-state index contributed by atoms with van der Waals surface area (Å²) in [6, 6.07) is 0.709. The van der Waals surface area contributed by atoms with Gasteiger partial charge in [0.15, 0.2) is 0 Å². The molecule has 2 heterocycles. The first kappa shape index (κ1) is 8.27. The second-order valence-corrected chi connectivity index (χ2v) is 4.38. The average Bonchev–Trinajstić information content (AvgIpc) is 2.42. The van der Waals surface area contributed by atoms with Gasteiger partial charge < -0.3 is 0 Å². The molecule has 68 valence electrons. The maximum absolute atomic E-state index is 2.55. The van der Waals surface area contributed by atoms with Crippen molar-refractivity contribution in [3.63, 3.8) is 0 Å². The minimum atomic E-state index is 0.709. The zero-order valence-electron chi connectivity index (χ0n) is 8.30. The van der Waals surface area contributed by atoms with Gasteiger partial charge in [0.1, 0.15) is 0 Å². The van der Waals surface area contributed by atoms with Gasteiger partial charge in [-0.3, -0.25) is 9.80 Å². The van der Waals surface area contributed by atoms with E-state index in [0.717, 1.165) is 0 Å². The summed E-state index contributed by atoms with van der Waals surface area (Å²) < 4.78 is 0. The lowest BCUT2D eigenvalue weighted by Gasteiger charge is -2.23. The van der Waals surface area contributed by atoms with E-state index in [1.165, 1.54) is 26.2 Å². The van der Waals surface area contributed by atoms with E-state index in [1.807, 2.05) is 0 Å². The second-order valence-electron chi connectivity index (χ2n) is 4.38. The lowest BCUT2D eigenvalue weighted by Crippen LogP contribution is -2.32. The Bertz CT molecular complexity index is 200. The molecule has 0 saturated carbocycles. The fourth-order valence-corrected chi connectivity index (χ4v) is 2.17. The third kappa shape index (κ3) is 1.29. The summed E-state index contributed by atoms with van der Waals surface area (Å²) in [5, 5.41) is 0. The van der Waals surface area contributed by atoms with Gasteiger partial charge in [0.25, 0.3) is 0 Å². The zero-order chi connectivity index (χ0) is 8.72. The molecule has 0 N–H and O–H groups in total. The molecule has 2 heteroatoms. The number of hydrogen-bond acceptors (Lipinski definition) is 2. The summed E-state index contributed by atoms with van der Waals surface area (Å²) in [5.74, 6) is 0. The van der Waals surface area contributed by atoms with Crippen molar-refractivity contribution >= 4 is 0 Å². The topological polar surface area (TPSA) is 6.48 Å². The summed E-state index contributed by atoms with van der Waals surface area (Å²) in [5.41, 5.74) is 3.37. The molecule has 0 spiro atoms. The van der Waals surface area contributed by atoms with Gasteiger partial charge in [0.05, 0.1) is 0 Å². The third-order valence-corrected chi connectivity index (χ3v) is 2.94. The fraction of sp³-hybridized carbons (Fsp3) is 0.800. The Hall–Kier alpha value is -0.340. The molecule has 2 aliphatic heterocycles. The summed E-state index contributed by atoms with van der Waals surface area (Å²) in [7, 11) is 2.21. The van der Waals surface area contributed by atoms with Crippen molar-refractivity contribution in [1.29, 1.82) is 0 Å². The van der Waals surface area contributed by atoms with Crippen LogP contribution < -0.4 is 0 Å². The molecule has 0 fully saturated rings. The van der Waals surface area contributed by atoms with Crippen molar-refractivity contribution < 1.29 is 0 Å². The van der Waals surface area contributed by atoms with Crippen LogP contribution in [-0.2, 0) is 0 Å². The highest BCUT2D eigenvalue weighted by molar-refractivity contribution is 5.30. The number of nitrogens with zero attached hydrogens (tertiary/aromatic N) is 2. The Morgan fingerprint density at radius 1 is 1.00 bits per heavy atom. The maximum atomic E-state index is 2.55. The summed E-state index contributed by atoms with van der Waals surface area (Å²) in [4.78, 5) is 4.96. The molecule has 0 atom stereocenters. The van der Waals surface area contributed by atoms with Crippen LogP contribution >= 0.6 is 0 Å². The molecule has 0 amide bonds. The van der Waals surface area contributed by atoms with Crippen molar-refractivity contribution in [1.82, 2.24) is 9.80 Å². The van der Waals surface area contributed by atoms with E-state index < -0.39 is 0 Å². The second kappa shape index (κ2) is 2.86. The van der Waals surface area contributed by atoms with Crippen LogP contribution in [0.4, 0.5) is 0 Å². The molecule has 0 aliphatic carbocycles. The molecule has 2 aliphatic rings. The van der Waals surface area contributed by atoms with E-state index in [1.54, 1.807) is 11.1 Å². The van der Waals surface area contributed by atoms with E-state index in [2.05, 4.69) is 30.7 Å². The minimum Gasteiger partial charge on any atom is -0.298 e. The first-order valence-corrected chi connectivity index (χ1v) is 4.79. The van der Waals surface area contributed by atoms with Crippen molar-refractivity contribution in [3.05, 3.63) is 11.1 Å². The van der Waals surface area contributed by atoms with Crippen molar-refractivity contribution in [3.8, 4) is 0 Å². The van der Waals surface area contributed by atoms with E-state index in [-0.39, 0.29) is 0 Å². The minimum absolute atomic E-state index is 0.709. The monoisotopic (exact) mass is 166 g/mol. The highest BCUT2D eigenvalue weighted by atomic mass is 15.2. The molecule has 2 rings (SSSR count). The zero-order valence-corrected chi connectivity index (χ0v) is 8.30. The molecule has 0 aromatic heterocycles. The van der Waals surface area contributed by atoms with Gasteiger partial charge in [-0.2, -0.15) is 0 Å². The Morgan fingerprint density at radius 3 is 1.92 bits per heavy atom. The van der Waals surface area contributed by atoms with Crippen molar-refractivity contribution in [2.45, 2.75) is 19.9 Å². The van der Waals surface area contributed by atoms with Crippen LogP contribution in [0.5, 0.6) is 0 Å². The highest BCUT2D eigenvalue weighted by Crippen LogP contribution is 2.25. The van der Waals surface area contributed by atoms with E-state index in [4.69, 9.17) is 0 Å². The van der Waals surface area contributed by atoms with Crippen LogP contribution in [0.15, 0.2) is 11.1 Å². The SMILES string of the molecule is CC(C)N1CC2=C(CN(C)C2)C1. The molecular weight excluding hydrogens is 148 g/mol. The molecule has 12 heavy (non-hydrogen) atoms. The van der Waals surface area contributed by atoms with Crippen LogP contribution in [-0.4, -0.2) is 49.1 Å². The van der Waals surface area contributed by atoms with E-state index >= 15 is 0 Å². The van der Waals surface area contributed by atoms with Gasteiger partial charge in [0.2, 0.25) is 0 Å². The quantitative estimate of drug-likeness (QED) is 0.535. The van der Waals surface area contributed by atoms with Crippen LogP contribution in [0, 0.1) is 0 Å². The molecule has 0 radical (unpaired) electrons. The number of hydrogen-bond donors (Lipinski definition) is 0. The van der Waals surface area contributed by atoms with Crippen LogP contribution in [0.3, 0.4) is 0 Å². The lowest BCUT2D eigenvalue weighted by atomic mass is 10.2. The summed E-state index contributed by atoms with van der Waals surface area (Å²) in [6.45, 7) is 9.42. The fourth-order valence-electron chi connectivity index (χ4n) is 2.17. The number of likely N-dealkylation sites (N-methyl/N-ethyl adjacent to an activating group) is 1. The molecule has 0 aromatic rings. The standard InChI is InChI=1S/C10H18N2/c1-8(2)12-6-9-4-11(3)5-10(9)7-12/h8H,4-7H2,1-3H3. The predicted octanol–water partition coefficient (Wildman–Crippen LogP) is 0.952. The van der Waals surface area contributed by atoms with Gasteiger partial charge in [-0.25, -0.2) is 0 Å². The number of rotatable bonds is 1. The van der Waals surface area contributed by atoms with Crippen molar-refractivity contribution in [2.75, 3.05) is 33.2 Å². The molecule has 0 saturated heterocycles. The smallest absolute Gasteiger partial charge is 0.0215 e. The van der Waals surface area contributed by atoms with Crippen LogP contribution in [0.1, 0.15) is 13.8 Å². The first-order valence-electron chi connectivity index (χ1n) is 4.79. The maximum Gasteiger partial charge on any atom is 0.0215 e. The third-order valence-electron chi connectivity index (χ3n) is 2.94. The van der Waals surface area contributed by atoms with Gasteiger partial charge in [-0.15, -0.1) is 0 Å². The van der Waals surface area contributed by atoms with E-state index in [9.17, 15) is 0 Å². The van der Waals surface area contributed by atoms with Gasteiger partial charge in [0, 0.05) is 32.2 Å². The Labute approximate surface area is 74.8 Å². The molecular formula is C10H18N2. The van der Waals surface area contributed by atoms with Gasteiger partial charge in [-0.1, -0.05) is 0 Å². The lowest BCUT2D eigenvalue weighted by molar-refractivity contribution is 0.263.